The second-order valence-corrected chi connectivity index (χ2v) is 4.74. The van der Waals surface area contributed by atoms with Gasteiger partial charge < -0.3 is 10.4 Å². The van der Waals surface area contributed by atoms with Crippen LogP contribution in [0, 0.1) is 0 Å². The van der Waals surface area contributed by atoms with Crippen molar-refractivity contribution in [1.29, 1.82) is 0 Å². The van der Waals surface area contributed by atoms with Gasteiger partial charge >= 0.3 is 0 Å². The zero-order valence-corrected chi connectivity index (χ0v) is 10.7. The molecule has 0 atom stereocenters. The Balaban J connectivity index is 2.13. The number of hydrogen-bond acceptors (Lipinski definition) is 5. The molecule has 19 heavy (non-hydrogen) atoms. The van der Waals surface area contributed by atoms with Gasteiger partial charge in [-0.15, -0.1) is 0 Å². The van der Waals surface area contributed by atoms with Crippen molar-refractivity contribution in [2.45, 2.75) is 19.4 Å². The molecule has 2 aromatic heterocycles. The summed E-state index contributed by atoms with van der Waals surface area (Å²) in [5, 5.41) is 15.8. The van der Waals surface area contributed by atoms with E-state index in [0.717, 1.165) is 0 Å². The fourth-order valence-corrected chi connectivity index (χ4v) is 1.40. The minimum atomic E-state index is -0.665. The Hall–Kier alpha value is -2.28. The molecule has 0 aliphatic rings. The second kappa shape index (κ2) is 5.15. The first-order valence-electron chi connectivity index (χ1n) is 5.76. The van der Waals surface area contributed by atoms with Crippen molar-refractivity contribution in [2.24, 2.45) is 0 Å². The number of aliphatic hydroxyl groups is 1. The molecule has 100 valence electrons. The summed E-state index contributed by atoms with van der Waals surface area (Å²) < 4.78 is 1.50. The number of rotatable bonds is 4. The largest absolute Gasteiger partial charge is 0.394 e. The highest BCUT2D eigenvalue weighted by Crippen LogP contribution is 2.07. The molecule has 0 aromatic carbocycles. The minimum absolute atomic E-state index is 0.136. The standard InChI is InChI=1S/C12H15N5O2/c1-12(2,6-18)16-11(19)9-3-4-10(14-5-9)17-8-13-7-15-17/h3-5,7-8,18H,6H2,1-2H3,(H,16,19). The van der Waals surface area contributed by atoms with Crippen LogP contribution >= 0.6 is 0 Å². The number of carbonyl (C=O) groups excluding carboxylic acids is 1. The maximum atomic E-state index is 11.9. The highest BCUT2D eigenvalue weighted by molar-refractivity contribution is 5.94. The van der Waals surface area contributed by atoms with E-state index in [1.165, 1.54) is 23.5 Å². The van der Waals surface area contributed by atoms with E-state index in [-0.39, 0.29) is 12.5 Å². The van der Waals surface area contributed by atoms with Crippen LogP contribution < -0.4 is 5.32 Å². The summed E-state index contributed by atoms with van der Waals surface area (Å²) in [5.74, 6) is 0.298. The molecule has 1 amide bonds. The highest BCUT2D eigenvalue weighted by Gasteiger charge is 2.20. The van der Waals surface area contributed by atoms with Gasteiger partial charge in [0.25, 0.3) is 5.91 Å². The zero-order valence-electron chi connectivity index (χ0n) is 10.7. The van der Waals surface area contributed by atoms with Crippen LogP contribution in [0.1, 0.15) is 24.2 Å². The third-order valence-electron chi connectivity index (χ3n) is 2.51. The zero-order chi connectivity index (χ0) is 13.9. The van der Waals surface area contributed by atoms with Gasteiger partial charge in [0.05, 0.1) is 17.7 Å². The van der Waals surface area contributed by atoms with Gasteiger partial charge in [0.2, 0.25) is 0 Å². The van der Waals surface area contributed by atoms with E-state index in [1.807, 2.05) is 0 Å². The van der Waals surface area contributed by atoms with Crippen LogP contribution in [-0.4, -0.2) is 42.9 Å². The van der Waals surface area contributed by atoms with Crippen LogP contribution in [0.4, 0.5) is 0 Å². The maximum Gasteiger partial charge on any atom is 0.253 e. The monoisotopic (exact) mass is 261 g/mol. The van der Waals surface area contributed by atoms with Crippen LogP contribution in [0.25, 0.3) is 5.82 Å². The summed E-state index contributed by atoms with van der Waals surface area (Å²) in [7, 11) is 0. The third kappa shape index (κ3) is 3.14. The van der Waals surface area contributed by atoms with E-state index in [1.54, 1.807) is 26.0 Å². The molecule has 0 spiro atoms. The van der Waals surface area contributed by atoms with Crippen molar-refractivity contribution in [3.8, 4) is 5.82 Å². The number of aromatic nitrogens is 4. The van der Waals surface area contributed by atoms with Crippen molar-refractivity contribution in [1.82, 2.24) is 25.1 Å². The number of hydrogen-bond donors (Lipinski definition) is 2. The first-order valence-corrected chi connectivity index (χ1v) is 5.76. The maximum absolute atomic E-state index is 11.9. The van der Waals surface area contributed by atoms with Crippen molar-refractivity contribution in [3.63, 3.8) is 0 Å². The van der Waals surface area contributed by atoms with Gasteiger partial charge in [0.1, 0.15) is 12.7 Å². The summed E-state index contributed by atoms with van der Waals surface area (Å²) in [6, 6.07) is 3.32. The normalized spacial score (nSPS) is 11.3. The molecule has 2 N–H and O–H groups in total. The first-order chi connectivity index (χ1) is 9.02. The molecular weight excluding hydrogens is 246 g/mol. The third-order valence-corrected chi connectivity index (χ3v) is 2.51. The summed E-state index contributed by atoms with van der Waals surface area (Å²) in [5.41, 5.74) is -0.243. The Bertz CT molecular complexity index is 548. The Labute approximate surface area is 110 Å². The van der Waals surface area contributed by atoms with Crippen LogP contribution in [0.15, 0.2) is 31.0 Å². The molecule has 7 nitrogen and oxygen atoms in total. The molecule has 7 heteroatoms. The Morgan fingerprint density at radius 1 is 1.47 bits per heavy atom. The summed E-state index contributed by atoms with van der Waals surface area (Å²) >= 11 is 0. The van der Waals surface area contributed by atoms with Gasteiger partial charge in [-0.05, 0) is 26.0 Å². The van der Waals surface area contributed by atoms with Gasteiger partial charge in [-0.3, -0.25) is 4.79 Å². The van der Waals surface area contributed by atoms with Crippen molar-refractivity contribution in [3.05, 3.63) is 36.5 Å². The van der Waals surface area contributed by atoms with Crippen molar-refractivity contribution < 1.29 is 9.90 Å². The SMILES string of the molecule is CC(C)(CO)NC(=O)c1ccc(-n2cncn2)nc1. The Kier molecular flexibility index (Phi) is 3.57. The molecule has 2 aromatic rings. The van der Waals surface area contributed by atoms with Gasteiger partial charge in [-0.25, -0.2) is 14.6 Å². The van der Waals surface area contributed by atoms with E-state index in [2.05, 4.69) is 20.4 Å². The van der Waals surface area contributed by atoms with Crippen molar-refractivity contribution in [2.75, 3.05) is 6.61 Å². The van der Waals surface area contributed by atoms with Crippen LogP contribution in [0.3, 0.4) is 0 Å². The molecule has 0 radical (unpaired) electrons. The topological polar surface area (TPSA) is 92.9 Å². The molecule has 0 aliphatic heterocycles. The van der Waals surface area contributed by atoms with Crippen LogP contribution in [-0.2, 0) is 0 Å². The Morgan fingerprint density at radius 3 is 2.79 bits per heavy atom. The first kappa shape index (κ1) is 13.2. The smallest absolute Gasteiger partial charge is 0.253 e. The number of nitrogens with one attached hydrogen (secondary N) is 1. The fourth-order valence-electron chi connectivity index (χ4n) is 1.40. The number of amides is 1. The average Bonchev–Trinajstić information content (AvgIpc) is 2.92. The quantitative estimate of drug-likeness (QED) is 0.818. The predicted octanol–water partition coefficient (Wildman–Crippen LogP) is 0.163. The molecule has 0 saturated carbocycles. The lowest BCUT2D eigenvalue weighted by molar-refractivity contribution is 0.0869. The van der Waals surface area contributed by atoms with E-state index in [9.17, 15) is 4.79 Å². The number of nitrogens with zero attached hydrogens (tertiary/aromatic N) is 4. The Morgan fingerprint density at radius 2 is 2.26 bits per heavy atom. The van der Waals surface area contributed by atoms with Gasteiger partial charge in [0.15, 0.2) is 5.82 Å². The van der Waals surface area contributed by atoms with Crippen molar-refractivity contribution >= 4 is 5.91 Å². The molecule has 0 saturated heterocycles. The molecule has 0 aliphatic carbocycles. The summed E-state index contributed by atoms with van der Waals surface area (Å²) in [6.07, 6.45) is 4.39. The lowest BCUT2D eigenvalue weighted by Crippen LogP contribution is -2.46. The second-order valence-electron chi connectivity index (χ2n) is 4.74. The molecular formula is C12H15N5O2. The minimum Gasteiger partial charge on any atom is -0.394 e. The van der Waals surface area contributed by atoms with Crippen LogP contribution in [0.2, 0.25) is 0 Å². The van der Waals surface area contributed by atoms with Gasteiger partial charge in [0, 0.05) is 6.20 Å². The fraction of sp³-hybridized carbons (Fsp3) is 0.333. The lowest BCUT2D eigenvalue weighted by Gasteiger charge is -2.23. The molecule has 0 unspecified atom stereocenters. The molecule has 0 bridgehead atoms. The van der Waals surface area contributed by atoms with Gasteiger partial charge in [-0.1, -0.05) is 0 Å². The number of pyridine rings is 1. The van der Waals surface area contributed by atoms with E-state index in [4.69, 9.17) is 5.11 Å². The summed E-state index contributed by atoms with van der Waals surface area (Å²) in [4.78, 5) is 19.9. The van der Waals surface area contributed by atoms with E-state index >= 15 is 0 Å². The molecule has 2 rings (SSSR count). The number of aliphatic hydroxyl groups excluding tert-OH is 1. The predicted molar refractivity (Wildman–Crippen MR) is 67.8 cm³/mol. The highest BCUT2D eigenvalue weighted by atomic mass is 16.3. The average molecular weight is 261 g/mol. The number of carbonyl (C=O) groups is 1. The van der Waals surface area contributed by atoms with Gasteiger partial charge in [-0.2, -0.15) is 5.10 Å². The lowest BCUT2D eigenvalue weighted by atomic mass is 10.1. The molecule has 0 fully saturated rings. The summed E-state index contributed by atoms with van der Waals surface area (Å²) in [6.45, 7) is 3.34. The van der Waals surface area contributed by atoms with Crippen LogP contribution in [0.5, 0.6) is 0 Å². The van der Waals surface area contributed by atoms with E-state index < -0.39 is 5.54 Å². The van der Waals surface area contributed by atoms with E-state index in [0.29, 0.717) is 11.4 Å². The molecule has 2 heterocycles.